The topological polar surface area (TPSA) is 66.9 Å². The van der Waals surface area contributed by atoms with Gasteiger partial charge in [-0.05, 0) is 24.5 Å². The smallest absolute Gasteiger partial charge is 0.270 e. The van der Waals surface area contributed by atoms with E-state index in [0.29, 0.717) is 12.5 Å². The lowest BCUT2D eigenvalue weighted by Gasteiger charge is -2.09. The summed E-state index contributed by atoms with van der Waals surface area (Å²) in [5, 5.41) is 5.21. The Labute approximate surface area is 137 Å². The number of nitrogens with one attached hydrogen (secondary N) is 2. The third-order valence-corrected chi connectivity index (χ3v) is 3.20. The van der Waals surface area contributed by atoms with Gasteiger partial charge < -0.3 is 10.6 Å². The second kappa shape index (κ2) is 7.76. The van der Waals surface area contributed by atoms with Crippen LogP contribution in [0.1, 0.15) is 30.8 Å². The number of halogens is 3. The summed E-state index contributed by atoms with van der Waals surface area (Å²) in [6, 6.07) is 3.13. The Morgan fingerprint density at radius 2 is 1.92 bits per heavy atom. The summed E-state index contributed by atoms with van der Waals surface area (Å²) < 4.78 is 39.8. The van der Waals surface area contributed by atoms with Gasteiger partial charge in [-0.15, -0.1) is 0 Å². The molecular formula is C16H17F3N4O. The van der Waals surface area contributed by atoms with Crippen molar-refractivity contribution in [3.63, 3.8) is 0 Å². The molecule has 0 fully saturated rings. The van der Waals surface area contributed by atoms with Gasteiger partial charge >= 0.3 is 0 Å². The van der Waals surface area contributed by atoms with E-state index in [1.54, 1.807) is 0 Å². The number of carbonyl (C=O) groups is 1. The number of aromatic nitrogens is 2. The van der Waals surface area contributed by atoms with Crippen molar-refractivity contribution < 1.29 is 18.0 Å². The number of rotatable bonds is 6. The number of anilines is 2. The summed E-state index contributed by atoms with van der Waals surface area (Å²) in [6.07, 6.45) is 1.94. The first-order chi connectivity index (χ1) is 11.4. The van der Waals surface area contributed by atoms with Crippen LogP contribution in [0.25, 0.3) is 0 Å². The molecule has 0 saturated carbocycles. The van der Waals surface area contributed by atoms with Gasteiger partial charge in [0.15, 0.2) is 17.5 Å². The molecule has 0 saturated heterocycles. The Hall–Kier alpha value is -2.64. The Morgan fingerprint density at radius 1 is 1.17 bits per heavy atom. The molecule has 0 radical (unpaired) electrons. The summed E-state index contributed by atoms with van der Waals surface area (Å²) in [5.74, 6) is -4.09. The molecule has 0 aliphatic heterocycles. The monoisotopic (exact) mass is 338 g/mol. The fraction of sp³-hybridized carbons (Fsp3) is 0.312. The minimum absolute atomic E-state index is 0.0826. The molecule has 1 aromatic heterocycles. The highest BCUT2D eigenvalue weighted by atomic mass is 19.2. The van der Waals surface area contributed by atoms with E-state index in [9.17, 15) is 18.0 Å². The first kappa shape index (κ1) is 17.7. The molecule has 24 heavy (non-hydrogen) atoms. The SMILES string of the molecule is CC(C)CCNC(=O)c1cc(Nc2ccc(F)c(F)c2F)ncn1. The van der Waals surface area contributed by atoms with Crippen LogP contribution in [-0.4, -0.2) is 22.4 Å². The molecule has 2 rings (SSSR count). The minimum Gasteiger partial charge on any atom is -0.351 e. The van der Waals surface area contributed by atoms with Crippen LogP contribution in [0.3, 0.4) is 0 Å². The predicted molar refractivity (Wildman–Crippen MR) is 83.4 cm³/mol. The zero-order valence-electron chi connectivity index (χ0n) is 13.2. The van der Waals surface area contributed by atoms with Crippen molar-refractivity contribution >= 4 is 17.4 Å². The zero-order chi connectivity index (χ0) is 17.7. The van der Waals surface area contributed by atoms with Crippen molar-refractivity contribution in [3.8, 4) is 0 Å². The van der Waals surface area contributed by atoms with Gasteiger partial charge in [0, 0.05) is 12.6 Å². The Balaban J connectivity index is 2.10. The predicted octanol–water partition coefficient (Wildman–Crippen LogP) is 3.41. The lowest BCUT2D eigenvalue weighted by molar-refractivity contribution is 0.0947. The summed E-state index contributed by atoms with van der Waals surface area (Å²) in [4.78, 5) is 19.7. The molecule has 0 spiro atoms. The maximum absolute atomic E-state index is 13.6. The van der Waals surface area contributed by atoms with E-state index in [2.05, 4.69) is 20.6 Å². The second-order valence-electron chi connectivity index (χ2n) is 5.57. The Kier molecular flexibility index (Phi) is 5.73. The maximum Gasteiger partial charge on any atom is 0.270 e. The highest BCUT2D eigenvalue weighted by Gasteiger charge is 2.15. The first-order valence-corrected chi connectivity index (χ1v) is 7.39. The number of benzene rings is 1. The van der Waals surface area contributed by atoms with E-state index in [4.69, 9.17) is 0 Å². The average Bonchev–Trinajstić information content (AvgIpc) is 2.55. The molecule has 0 bridgehead atoms. The molecule has 1 heterocycles. The lowest BCUT2D eigenvalue weighted by atomic mass is 10.1. The van der Waals surface area contributed by atoms with Gasteiger partial charge in [0.1, 0.15) is 17.8 Å². The number of amides is 1. The molecule has 0 aliphatic carbocycles. The van der Waals surface area contributed by atoms with Crippen molar-refractivity contribution in [1.29, 1.82) is 0 Å². The van der Waals surface area contributed by atoms with Gasteiger partial charge in [0.05, 0.1) is 5.69 Å². The van der Waals surface area contributed by atoms with E-state index in [0.717, 1.165) is 24.9 Å². The van der Waals surface area contributed by atoms with E-state index < -0.39 is 23.4 Å². The zero-order valence-corrected chi connectivity index (χ0v) is 13.2. The van der Waals surface area contributed by atoms with Gasteiger partial charge in [-0.3, -0.25) is 4.79 Å². The fourth-order valence-corrected chi connectivity index (χ4v) is 1.88. The number of hydrogen-bond donors (Lipinski definition) is 2. The highest BCUT2D eigenvalue weighted by Crippen LogP contribution is 2.22. The minimum atomic E-state index is -1.58. The third-order valence-electron chi connectivity index (χ3n) is 3.20. The molecule has 0 atom stereocenters. The van der Waals surface area contributed by atoms with E-state index in [-0.39, 0.29) is 17.2 Å². The van der Waals surface area contributed by atoms with E-state index in [1.807, 2.05) is 13.8 Å². The second-order valence-corrected chi connectivity index (χ2v) is 5.57. The standard InChI is InChI=1S/C16H17F3N4O/c1-9(2)5-6-20-16(24)12-7-13(22-8-21-12)23-11-4-3-10(17)14(18)15(11)19/h3-4,7-9H,5-6H2,1-2H3,(H,20,24)(H,21,22,23). The summed E-state index contributed by atoms with van der Waals surface area (Å²) >= 11 is 0. The van der Waals surface area contributed by atoms with Gasteiger partial charge in [-0.2, -0.15) is 0 Å². The lowest BCUT2D eigenvalue weighted by Crippen LogP contribution is -2.26. The van der Waals surface area contributed by atoms with Gasteiger partial charge in [-0.1, -0.05) is 13.8 Å². The number of hydrogen-bond acceptors (Lipinski definition) is 4. The van der Waals surface area contributed by atoms with Crippen molar-refractivity contribution in [2.45, 2.75) is 20.3 Å². The van der Waals surface area contributed by atoms with Crippen LogP contribution in [0.5, 0.6) is 0 Å². The van der Waals surface area contributed by atoms with E-state index in [1.165, 1.54) is 6.07 Å². The fourth-order valence-electron chi connectivity index (χ4n) is 1.88. The van der Waals surface area contributed by atoms with Crippen LogP contribution in [0, 0.1) is 23.4 Å². The molecule has 8 heteroatoms. The van der Waals surface area contributed by atoms with Crippen molar-refractivity contribution in [1.82, 2.24) is 15.3 Å². The molecular weight excluding hydrogens is 321 g/mol. The first-order valence-electron chi connectivity index (χ1n) is 7.39. The molecule has 128 valence electrons. The summed E-state index contributed by atoms with van der Waals surface area (Å²) in [5.41, 5.74) is -0.210. The molecule has 0 aliphatic rings. The van der Waals surface area contributed by atoms with Crippen LogP contribution < -0.4 is 10.6 Å². The van der Waals surface area contributed by atoms with Crippen LogP contribution in [-0.2, 0) is 0 Å². The summed E-state index contributed by atoms with van der Waals surface area (Å²) in [7, 11) is 0. The number of carbonyl (C=O) groups excluding carboxylic acids is 1. The normalized spacial score (nSPS) is 10.8. The van der Waals surface area contributed by atoms with Crippen LogP contribution in [0.4, 0.5) is 24.7 Å². The van der Waals surface area contributed by atoms with Crippen molar-refractivity contribution in [2.24, 2.45) is 5.92 Å². The van der Waals surface area contributed by atoms with Crippen molar-refractivity contribution in [3.05, 3.63) is 47.7 Å². The van der Waals surface area contributed by atoms with Gasteiger partial charge in [0.25, 0.3) is 5.91 Å². The molecule has 1 aromatic carbocycles. The van der Waals surface area contributed by atoms with Crippen molar-refractivity contribution in [2.75, 3.05) is 11.9 Å². The van der Waals surface area contributed by atoms with E-state index >= 15 is 0 Å². The van der Waals surface area contributed by atoms with Crippen LogP contribution >= 0.6 is 0 Å². The molecule has 2 aromatic rings. The maximum atomic E-state index is 13.6. The quantitative estimate of drug-likeness (QED) is 0.792. The number of nitrogens with zero attached hydrogens (tertiary/aromatic N) is 2. The van der Waals surface area contributed by atoms with Gasteiger partial charge in [-0.25, -0.2) is 23.1 Å². The van der Waals surface area contributed by atoms with Crippen LogP contribution in [0.2, 0.25) is 0 Å². The van der Waals surface area contributed by atoms with Crippen LogP contribution in [0.15, 0.2) is 24.5 Å². The Morgan fingerprint density at radius 3 is 2.62 bits per heavy atom. The average molecular weight is 338 g/mol. The largest absolute Gasteiger partial charge is 0.351 e. The highest BCUT2D eigenvalue weighted by molar-refractivity contribution is 5.92. The molecule has 0 unspecified atom stereocenters. The van der Waals surface area contributed by atoms with Gasteiger partial charge in [0.2, 0.25) is 0 Å². The Bertz CT molecular complexity index is 737. The molecule has 5 nitrogen and oxygen atoms in total. The third kappa shape index (κ3) is 4.43. The molecule has 1 amide bonds. The molecule has 2 N–H and O–H groups in total. The summed E-state index contributed by atoms with van der Waals surface area (Å²) in [6.45, 7) is 4.57.